The Morgan fingerprint density at radius 3 is 2.76 bits per heavy atom. The van der Waals surface area contributed by atoms with Crippen molar-refractivity contribution in [1.29, 1.82) is 0 Å². The summed E-state index contributed by atoms with van der Waals surface area (Å²) in [6.45, 7) is 3.91. The van der Waals surface area contributed by atoms with Crippen LogP contribution in [0.4, 0.5) is 4.39 Å². The first-order valence-corrected chi connectivity index (χ1v) is 7.76. The van der Waals surface area contributed by atoms with Gasteiger partial charge in [0, 0.05) is 19.2 Å². The van der Waals surface area contributed by atoms with Crippen molar-refractivity contribution < 1.29 is 9.50 Å². The van der Waals surface area contributed by atoms with Crippen LogP contribution in [0.1, 0.15) is 31.5 Å². The van der Waals surface area contributed by atoms with Gasteiger partial charge in [0.05, 0.1) is 17.6 Å². The molecular formula is C16H22FN3O. The standard InChI is InChI=1S/C16H22FN3O/c17-13-5-6-15-14(11-13)18-16(20(15)9-4-10-21)12-19-7-2-1-3-8-19/h5-6,11,21H,1-4,7-10,12H2. The van der Waals surface area contributed by atoms with Crippen molar-refractivity contribution in [3.63, 3.8) is 0 Å². The van der Waals surface area contributed by atoms with Crippen LogP contribution in [0.2, 0.25) is 0 Å². The molecule has 5 heteroatoms. The summed E-state index contributed by atoms with van der Waals surface area (Å²) in [5.74, 6) is 0.727. The van der Waals surface area contributed by atoms with E-state index >= 15 is 0 Å². The van der Waals surface area contributed by atoms with Gasteiger partial charge < -0.3 is 9.67 Å². The largest absolute Gasteiger partial charge is 0.396 e. The second kappa shape index (κ2) is 6.54. The maximum Gasteiger partial charge on any atom is 0.125 e. The molecule has 114 valence electrons. The summed E-state index contributed by atoms with van der Waals surface area (Å²) >= 11 is 0. The van der Waals surface area contributed by atoms with Crippen LogP contribution in [-0.2, 0) is 13.1 Å². The maximum absolute atomic E-state index is 13.4. The summed E-state index contributed by atoms with van der Waals surface area (Å²) in [6, 6.07) is 4.75. The van der Waals surface area contributed by atoms with E-state index in [1.165, 1.54) is 31.4 Å². The Morgan fingerprint density at radius 2 is 2.00 bits per heavy atom. The van der Waals surface area contributed by atoms with Gasteiger partial charge in [0.25, 0.3) is 0 Å². The summed E-state index contributed by atoms with van der Waals surface area (Å²) in [5.41, 5.74) is 1.66. The van der Waals surface area contributed by atoms with Crippen LogP contribution in [0.25, 0.3) is 11.0 Å². The van der Waals surface area contributed by atoms with Crippen LogP contribution in [0.15, 0.2) is 18.2 Å². The molecule has 1 N–H and O–H groups in total. The smallest absolute Gasteiger partial charge is 0.125 e. The first kappa shape index (κ1) is 14.5. The molecule has 1 aromatic heterocycles. The number of nitrogens with zero attached hydrogens (tertiary/aromatic N) is 3. The number of likely N-dealkylation sites (tertiary alicyclic amines) is 1. The highest BCUT2D eigenvalue weighted by molar-refractivity contribution is 5.76. The summed E-state index contributed by atoms with van der Waals surface area (Å²) in [7, 11) is 0. The van der Waals surface area contributed by atoms with Gasteiger partial charge >= 0.3 is 0 Å². The van der Waals surface area contributed by atoms with Gasteiger partial charge in [-0.2, -0.15) is 0 Å². The minimum Gasteiger partial charge on any atom is -0.396 e. The lowest BCUT2D eigenvalue weighted by Crippen LogP contribution is -2.30. The third-order valence-electron chi connectivity index (χ3n) is 4.14. The van der Waals surface area contributed by atoms with Gasteiger partial charge in [0.1, 0.15) is 11.6 Å². The zero-order valence-electron chi connectivity index (χ0n) is 12.3. The van der Waals surface area contributed by atoms with Crippen molar-refractivity contribution in [1.82, 2.24) is 14.5 Å². The summed E-state index contributed by atoms with van der Waals surface area (Å²) in [5, 5.41) is 9.09. The summed E-state index contributed by atoms with van der Waals surface area (Å²) < 4.78 is 15.5. The molecule has 0 atom stereocenters. The number of aliphatic hydroxyl groups excluding tert-OH is 1. The average Bonchev–Trinajstić information content (AvgIpc) is 2.82. The number of piperidine rings is 1. The minimum absolute atomic E-state index is 0.157. The number of hydrogen-bond acceptors (Lipinski definition) is 3. The molecule has 2 aromatic rings. The van der Waals surface area contributed by atoms with Crippen LogP contribution in [0.5, 0.6) is 0 Å². The Kier molecular flexibility index (Phi) is 4.51. The molecule has 1 saturated heterocycles. The number of aryl methyl sites for hydroxylation is 1. The first-order chi connectivity index (χ1) is 10.3. The van der Waals surface area contributed by atoms with Gasteiger partial charge in [-0.3, -0.25) is 4.90 Å². The molecule has 0 spiro atoms. The van der Waals surface area contributed by atoms with Crippen LogP contribution < -0.4 is 0 Å². The quantitative estimate of drug-likeness (QED) is 0.920. The predicted octanol–water partition coefficient (Wildman–Crippen LogP) is 2.54. The van der Waals surface area contributed by atoms with Crippen LogP contribution in [0.3, 0.4) is 0 Å². The molecular weight excluding hydrogens is 269 g/mol. The van der Waals surface area contributed by atoms with Crippen LogP contribution in [-0.4, -0.2) is 39.3 Å². The van der Waals surface area contributed by atoms with Crippen molar-refractivity contribution in [2.24, 2.45) is 0 Å². The highest BCUT2D eigenvalue weighted by Crippen LogP contribution is 2.20. The van der Waals surface area contributed by atoms with E-state index in [1.807, 2.05) is 0 Å². The zero-order valence-corrected chi connectivity index (χ0v) is 12.3. The van der Waals surface area contributed by atoms with Gasteiger partial charge in [-0.1, -0.05) is 6.42 Å². The molecule has 0 amide bonds. The minimum atomic E-state index is -0.251. The monoisotopic (exact) mass is 291 g/mol. The first-order valence-electron chi connectivity index (χ1n) is 7.76. The zero-order chi connectivity index (χ0) is 14.7. The molecule has 4 nitrogen and oxygen atoms in total. The number of aliphatic hydroxyl groups is 1. The molecule has 1 fully saturated rings. The number of halogens is 1. The third-order valence-corrected chi connectivity index (χ3v) is 4.14. The predicted molar refractivity (Wildman–Crippen MR) is 80.5 cm³/mol. The Bertz CT molecular complexity index is 605. The van der Waals surface area contributed by atoms with Crippen molar-refractivity contribution in [2.75, 3.05) is 19.7 Å². The van der Waals surface area contributed by atoms with E-state index in [9.17, 15) is 4.39 Å². The van der Waals surface area contributed by atoms with E-state index in [1.54, 1.807) is 6.07 Å². The molecule has 0 saturated carbocycles. The highest BCUT2D eigenvalue weighted by Gasteiger charge is 2.16. The van der Waals surface area contributed by atoms with Crippen molar-refractivity contribution in [3.8, 4) is 0 Å². The summed E-state index contributed by atoms with van der Waals surface area (Å²) in [6.07, 6.45) is 4.48. The molecule has 0 unspecified atom stereocenters. The molecule has 0 bridgehead atoms. The van der Waals surface area contributed by atoms with E-state index < -0.39 is 0 Å². The van der Waals surface area contributed by atoms with E-state index in [4.69, 9.17) is 5.11 Å². The van der Waals surface area contributed by atoms with Gasteiger partial charge in [0.15, 0.2) is 0 Å². The Hall–Kier alpha value is -1.46. The van der Waals surface area contributed by atoms with E-state index in [-0.39, 0.29) is 12.4 Å². The Labute approximate surface area is 124 Å². The maximum atomic E-state index is 13.4. The molecule has 3 rings (SSSR count). The normalized spacial score (nSPS) is 16.7. The number of aromatic nitrogens is 2. The van der Waals surface area contributed by atoms with Crippen molar-refractivity contribution in [2.45, 2.75) is 38.8 Å². The molecule has 21 heavy (non-hydrogen) atoms. The fourth-order valence-corrected chi connectivity index (χ4v) is 3.07. The molecule has 1 aliphatic rings. The van der Waals surface area contributed by atoms with Crippen LogP contribution in [0, 0.1) is 5.82 Å². The highest BCUT2D eigenvalue weighted by atomic mass is 19.1. The Balaban J connectivity index is 1.90. The number of hydrogen-bond donors (Lipinski definition) is 1. The number of rotatable bonds is 5. The third kappa shape index (κ3) is 3.24. The lowest BCUT2D eigenvalue weighted by atomic mass is 10.1. The molecule has 1 aliphatic heterocycles. The van der Waals surface area contributed by atoms with Gasteiger partial charge in [-0.05, 0) is 44.5 Å². The fraction of sp³-hybridized carbons (Fsp3) is 0.562. The fourth-order valence-electron chi connectivity index (χ4n) is 3.07. The molecule has 0 radical (unpaired) electrons. The second-order valence-electron chi connectivity index (χ2n) is 5.73. The van der Waals surface area contributed by atoms with Gasteiger partial charge in [-0.25, -0.2) is 9.37 Å². The van der Waals surface area contributed by atoms with Gasteiger partial charge in [0.2, 0.25) is 0 Å². The number of benzene rings is 1. The lowest BCUT2D eigenvalue weighted by molar-refractivity contribution is 0.212. The van der Waals surface area contributed by atoms with E-state index in [0.29, 0.717) is 11.9 Å². The second-order valence-corrected chi connectivity index (χ2v) is 5.73. The van der Waals surface area contributed by atoms with E-state index in [0.717, 1.165) is 37.5 Å². The number of fused-ring (bicyclic) bond motifs is 1. The molecule has 1 aromatic carbocycles. The lowest BCUT2D eigenvalue weighted by Gasteiger charge is -2.26. The van der Waals surface area contributed by atoms with Crippen LogP contribution >= 0.6 is 0 Å². The van der Waals surface area contributed by atoms with Crippen molar-refractivity contribution in [3.05, 3.63) is 29.8 Å². The topological polar surface area (TPSA) is 41.3 Å². The van der Waals surface area contributed by atoms with Crippen molar-refractivity contribution >= 4 is 11.0 Å². The summed E-state index contributed by atoms with van der Waals surface area (Å²) in [4.78, 5) is 7.03. The SMILES string of the molecule is OCCCn1c(CN2CCCCC2)nc2cc(F)ccc21. The van der Waals surface area contributed by atoms with E-state index in [2.05, 4.69) is 14.5 Å². The number of imidazole rings is 1. The molecule has 2 heterocycles. The van der Waals surface area contributed by atoms with Gasteiger partial charge in [-0.15, -0.1) is 0 Å². The Morgan fingerprint density at radius 1 is 1.19 bits per heavy atom. The average molecular weight is 291 g/mol. The molecule has 0 aliphatic carbocycles.